The number of hydrogen-bond donors (Lipinski definition) is 1. The summed E-state index contributed by atoms with van der Waals surface area (Å²) in [5, 5.41) is 2.86. The third-order valence-electron chi connectivity index (χ3n) is 4.56. The first-order chi connectivity index (χ1) is 13.9. The number of halogens is 1. The van der Waals surface area contributed by atoms with Gasteiger partial charge in [-0.2, -0.15) is 4.98 Å². The molecule has 29 heavy (non-hydrogen) atoms. The molecule has 0 amide bonds. The number of anilines is 2. The van der Waals surface area contributed by atoms with E-state index >= 15 is 0 Å². The molecule has 1 saturated carbocycles. The molecule has 0 bridgehead atoms. The van der Waals surface area contributed by atoms with Crippen LogP contribution in [0.15, 0.2) is 48.8 Å². The second-order valence-corrected chi connectivity index (χ2v) is 9.09. The van der Waals surface area contributed by atoms with Crippen molar-refractivity contribution in [1.82, 2.24) is 15.0 Å². The highest BCUT2D eigenvalue weighted by molar-refractivity contribution is 7.91. The first-order valence-electron chi connectivity index (χ1n) is 9.05. The van der Waals surface area contributed by atoms with Gasteiger partial charge in [-0.25, -0.2) is 22.8 Å². The van der Waals surface area contributed by atoms with Crippen LogP contribution in [0.2, 0.25) is 0 Å². The Bertz CT molecular complexity index is 1150. The highest BCUT2D eigenvalue weighted by Crippen LogP contribution is 2.31. The summed E-state index contributed by atoms with van der Waals surface area (Å²) in [5.74, 6) is 0.517. The molecule has 0 aliphatic heterocycles. The predicted molar refractivity (Wildman–Crippen MR) is 107 cm³/mol. The van der Waals surface area contributed by atoms with E-state index in [9.17, 15) is 12.8 Å². The molecule has 1 aliphatic carbocycles. The zero-order valence-electron chi connectivity index (χ0n) is 15.7. The maximum Gasteiger partial charge on any atom is 0.230 e. The third kappa shape index (κ3) is 4.51. The molecular formula is C20H19FN4O3S. The minimum atomic E-state index is -3.10. The fourth-order valence-corrected chi connectivity index (χ4v) is 4.72. The van der Waals surface area contributed by atoms with Crippen molar-refractivity contribution in [3.8, 4) is 17.1 Å². The van der Waals surface area contributed by atoms with Crippen LogP contribution in [0, 0.1) is 5.82 Å². The van der Waals surface area contributed by atoms with Gasteiger partial charge in [0.05, 0.1) is 23.7 Å². The molecule has 9 heteroatoms. The van der Waals surface area contributed by atoms with E-state index in [0.717, 1.165) is 12.8 Å². The summed E-state index contributed by atoms with van der Waals surface area (Å²) in [5.41, 5.74) is 1.90. The number of rotatable bonds is 7. The molecular weight excluding hydrogens is 395 g/mol. The van der Waals surface area contributed by atoms with Gasteiger partial charge in [0.15, 0.2) is 15.7 Å². The highest BCUT2D eigenvalue weighted by Gasteiger charge is 2.35. The number of sulfone groups is 1. The number of methoxy groups -OCH3 is 1. The second-order valence-electron chi connectivity index (χ2n) is 6.81. The topological polar surface area (TPSA) is 94.1 Å². The van der Waals surface area contributed by atoms with Crippen LogP contribution < -0.4 is 10.1 Å². The molecule has 1 aromatic heterocycles. The summed E-state index contributed by atoms with van der Waals surface area (Å²) in [6.07, 6.45) is 2.84. The van der Waals surface area contributed by atoms with Crippen molar-refractivity contribution in [2.24, 2.45) is 0 Å². The number of nitrogens with one attached hydrogen (secondary N) is 1. The lowest BCUT2D eigenvalue weighted by molar-refractivity contribution is 0.412. The van der Waals surface area contributed by atoms with Crippen LogP contribution in [0.4, 0.5) is 16.0 Å². The lowest BCUT2D eigenvalue weighted by Gasteiger charge is -2.10. The molecule has 150 valence electrons. The Kier molecular flexibility index (Phi) is 5.14. The molecule has 0 saturated heterocycles. The fourth-order valence-electron chi connectivity index (χ4n) is 2.98. The molecule has 1 aliphatic rings. The van der Waals surface area contributed by atoms with Crippen molar-refractivity contribution in [1.29, 1.82) is 0 Å². The quantitative estimate of drug-likeness (QED) is 0.632. The first kappa shape index (κ1) is 19.3. The number of hydrogen-bond acceptors (Lipinski definition) is 7. The summed E-state index contributed by atoms with van der Waals surface area (Å²) < 4.78 is 43.1. The van der Waals surface area contributed by atoms with Crippen LogP contribution >= 0.6 is 0 Å². The minimum Gasteiger partial charge on any atom is -0.496 e. The van der Waals surface area contributed by atoms with Gasteiger partial charge in [-0.3, -0.25) is 0 Å². The van der Waals surface area contributed by atoms with Crippen molar-refractivity contribution in [2.45, 2.75) is 23.8 Å². The van der Waals surface area contributed by atoms with E-state index in [1.54, 1.807) is 24.3 Å². The van der Waals surface area contributed by atoms with Gasteiger partial charge in [0.25, 0.3) is 0 Å². The van der Waals surface area contributed by atoms with E-state index in [4.69, 9.17) is 4.74 Å². The van der Waals surface area contributed by atoms with Crippen molar-refractivity contribution < 1.29 is 17.5 Å². The standard InChI is InChI=1S/C20H19FN4O3S/c1-28-18-10-14(21)5-8-17(18)19-22-12-23-20(25-19)24-15-4-2-3-13(9-15)11-29(26,27)16-6-7-16/h2-5,8-10,12,16H,6-7,11H2,1H3,(H,22,23,24,25). The summed E-state index contributed by atoms with van der Waals surface area (Å²) in [6, 6.07) is 11.2. The molecule has 1 fully saturated rings. The Hall–Kier alpha value is -3.07. The molecule has 0 radical (unpaired) electrons. The largest absolute Gasteiger partial charge is 0.496 e. The lowest BCUT2D eigenvalue weighted by atomic mass is 10.2. The van der Waals surface area contributed by atoms with Gasteiger partial charge in [0.2, 0.25) is 5.95 Å². The summed E-state index contributed by atoms with van der Waals surface area (Å²) in [6.45, 7) is 0. The number of benzene rings is 2. The van der Waals surface area contributed by atoms with Gasteiger partial charge in [-0.15, -0.1) is 0 Å². The summed E-state index contributed by atoms with van der Waals surface area (Å²) in [7, 11) is -1.65. The van der Waals surface area contributed by atoms with Gasteiger partial charge in [0, 0.05) is 11.8 Å². The molecule has 2 aromatic carbocycles. The molecule has 1 heterocycles. The SMILES string of the molecule is COc1cc(F)ccc1-c1ncnc(Nc2cccc(CS(=O)(=O)C3CC3)c2)n1. The van der Waals surface area contributed by atoms with Crippen molar-refractivity contribution >= 4 is 21.5 Å². The van der Waals surface area contributed by atoms with E-state index in [-0.39, 0.29) is 17.0 Å². The van der Waals surface area contributed by atoms with Gasteiger partial charge in [0.1, 0.15) is 17.9 Å². The molecule has 1 N–H and O–H groups in total. The fraction of sp³-hybridized carbons (Fsp3) is 0.250. The van der Waals surface area contributed by atoms with E-state index in [1.807, 2.05) is 0 Å². The van der Waals surface area contributed by atoms with Crippen molar-refractivity contribution in [3.63, 3.8) is 0 Å². The molecule has 0 atom stereocenters. The number of ether oxygens (including phenoxy) is 1. The van der Waals surface area contributed by atoms with Crippen LogP contribution in [-0.2, 0) is 15.6 Å². The highest BCUT2D eigenvalue weighted by atomic mass is 32.2. The Morgan fingerprint density at radius 1 is 1.17 bits per heavy atom. The molecule has 4 rings (SSSR count). The van der Waals surface area contributed by atoms with Crippen LogP contribution in [0.1, 0.15) is 18.4 Å². The van der Waals surface area contributed by atoms with E-state index < -0.39 is 15.7 Å². The predicted octanol–water partition coefficient (Wildman–Crippen LogP) is 3.51. The van der Waals surface area contributed by atoms with Crippen LogP contribution in [-0.4, -0.2) is 35.7 Å². The Labute approximate surface area is 167 Å². The Morgan fingerprint density at radius 2 is 2.00 bits per heavy atom. The number of nitrogens with zero attached hydrogens (tertiary/aromatic N) is 3. The van der Waals surface area contributed by atoms with E-state index in [2.05, 4.69) is 20.3 Å². The molecule has 0 unspecified atom stereocenters. The smallest absolute Gasteiger partial charge is 0.230 e. The maximum atomic E-state index is 13.4. The second kappa shape index (κ2) is 7.75. The summed E-state index contributed by atoms with van der Waals surface area (Å²) in [4.78, 5) is 12.6. The van der Waals surface area contributed by atoms with Crippen molar-refractivity contribution in [3.05, 3.63) is 60.2 Å². The lowest BCUT2D eigenvalue weighted by Crippen LogP contribution is -2.09. The van der Waals surface area contributed by atoms with E-state index in [0.29, 0.717) is 28.4 Å². The third-order valence-corrected chi connectivity index (χ3v) is 6.78. The maximum absolute atomic E-state index is 13.4. The zero-order chi connectivity index (χ0) is 20.4. The zero-order valence-corrected chi connectivity index (χ0v) is 16.5. The average Bonchev–Trinajstić information content (AvgIpc) is 3.54. The van der Waals surface area contributed by atoms with Crippen LogP contribution in [0.5, 0.6) is 5.75 Å². The van der Waals surface area contributed by atoms with E-state index in [1.165, 1.54) is 31.6 Å². The van der Waals surface area contributed by atoms with Gasteiger partial charge in [-0.1, -0.05) is 12.1 Å². The van der Waals surface area contributed by atoms with Crippen LogP contribution in [0.3, 0.4) is 0 Å². The van der Waals surface area contributed by atoms with Gasteiger partial charge < -0.3 is 10.1 Å². The number of aromatic nitrogens is 3. The average molecular weight is 414 g/mol. The Morgan fingerprint density at radius 3 is 2.76 bits per heavy atom. The normalized spacial score (nSPS) is 13.9. The summed E-state index contributed by atoms with van der Waals surface area (Å²) >= 11 is 0. The first-order valence-corrected chi connectivity index (χ1v) is 10.8. The monoisotopic (exact) mass is 414 g/mol. The molecule has 7 nitrogen and oxygen atoms in total. The molecule has 3 aromatic rings. The Balaban J connectivity index is 1.56. The minimum absolute atomic E-state index is 0.0163. The van der Waals surface area contributed by atoms with Crippen molar-refractivity contribution in [2.75, 3.05) is 12.4 Å². The van der Waals surface area contributed by atoms with Crippen LogP contribution in [0.25, 0.3) is 11.4 Å². The van der Waals surface area contributed by atoms with Gasteiger partial charge in [-0.05, 0) is 42.7 Å². The molecule has 0 spiro atoms. The van der Waals surface area contributed by atoms with Gasteiger partial charge >= 0.3 is 0 Å².